The molecule has 2 atom stereocenters. The molecule has 30 heavy (non-hydrogen) atoms. The molecule has 2 rings (SSSR count). The highest BCUT2D eigenvalue weighted by molar-refractivity contribution is 7.90. The predicted molar refractivity (Wildman–Crippen MR) is 110 cm³/mol. The highest BCUT2D eigenvalue weighted by atomic mass is 35.5. The second-order valence-corrected chi connectivity index (χ2v) is 10.2. The molecule has 0 unspecified atom stereocenters. The summed E-state index contributed by atoms with van der Waals surface area (Å²) in [4.78, 5) is 22.8. The lowest BCUT2D eigenvalue weighted by Crippen LogP contribution is -2.44. The highest BCUT2D eigenvalue weighted by Gasteiger charge is 2.32. The van der Waals surface area contributed by atoms with Crippen LogP contribution in [-0.2, 0) is 24.1 Å². The topological polar surface area (TPSA) is 98.8 Å². The molecule has 0 saturated heterocycles. The summed E-state index contributed by atoms with van der Waals surface area (Å²) in [5.74, 6) is -0.858. The Morgan fingerprint density at radius 3 is 2.27 bits per heavy atom. The first-order valence-electron chi connectivity index (χ1n) is 9.43. The monoisotopic (exact) mass is 483 g/mol. The zero-order valence-corrected chi connectivity index (χ0v) is 18.7. The van der Waals surface area contributed by atoms with Gasteiger partial charge in [0.25, 0.3) is 5.91 Å². The summed E-state index contributed by atoms with van der Waals surface area (Å²) in [7, 11) is -3.45. The van der Waals surface area contributed by atoms with Crippen molar-refractivity contribution in [3.8, 4) is 0 Å². The average molecular weight is 484 g/mol. The molecule has 1 fully saturated rings. The van der Waals surface area contributed by atoms with Crippen molar-refractivity contribution in [2.45, 2.75) is 60.1 Å². The van der Waals surface area contributed by atoms with E-state index in [1.807, 2.05) is 0 Å². The molecule has 11 heteroatoms. The molecule has 0 aliphatic heterocycles. The minimum absolute atomic E-state index is 0.0391. The Morgan fingerprint density at radius 1 is 1.17 bits per heavy atom. The van der Waals surface area contributed by atoms with Crippen LogP contribution in [0.4, 0.5) is 9.18 Å². The number of alkyl halides is 3. The predicted octanol–water partition coefficient (Wildman–Crippen LogP) is 3.88. The fraction of sp³-hybridized carbons (Fsp3) is 0.579. The summed E-state index contributed by atoms with van der Waals surface area (Å²) in [5, 5.41) is 2.29. The van der Waals surface area contributed by atoms with E-state index >= 15 is 0 Å². The molecule has 168 valence electrons. The SMILES string of the molecule is CS(=O)(=O)c1ccc([C@@H](OC(=O)OC2CCCCC2)[C@@H](CF)NC(=O)C(Cl)Cl)cc1. The maximum atomic E-state index is 13.8. The number of amides is 1. The summed E-state index contributed by atoms with van der Waals surface area (Å²) in [6.07, 6.45) is 2.85. The molecule has 1 saturated carbocycles. The Bertz CT molecular complexity index is 828. The van der Waals surface area contributed by atoms with Gasteiger partial charge in [0.15, 0.2) is 20.8 Å². The number of benzene rings is 1. The Kier molecular flexibility index (Phi) is 9.18. The van der Waals surface area contributed by atoms with Crippen LogP contribution in [0.3, 0.4) is 0 Å². The smallest absolute Gasteiger partial charge is 0.431 e. The lowest BCUT2D eigenvalue weighted by molar-refractivity contribution is -0.121. The molecule has 0 heterocycles. The van der Waals surface area contributed by atoms with E-state index in [-0.39, 0.29) is 16.6 Å². The Hall–Kier alpha value is -1.58. The summed E-state index contributed by atoms with van der Waals surface area (Å²) in [5.41, 5.74) is 0.270. The lowest BCUT2D eigenvalue weighted by atomic mass is 9.98. The second-order valence-electron chi connectivity index (χ2n) is 7.08. The van der Waals surface area contributed by atoms with Gasteiger partial charge in [-0.05, 0) is 43.4 Å². The fourth-order valence-corrected chi connectivity index (χ4v) is 3.94. The third kappa shape index (κ3) is 7.28. The molecule has 1 aliphatic rings. The van der Waals surface area contributed by atoms with Gasteiger partial charge in [0, 0.05) is 6.26 Å². The van der Waals surface area contributed by atoms with Gasteiger partial charge in [-0.2, -0.15) is 0 Å². The minimum atomic E-state index is -3.45. The van der Waals surface area contributed by atoms with E-state index in [0.29, 0.717) is 12.8 Å². The molecule has 1 aromatic rings. The lowest BCUT2D eigenvalue weighted by Gasteiger charge is -2.28. The molecule has 0 bridgehead atoms. The molecule has 1 aromatic carbocycles. The molecule has 0 spiro atoms. The highest BCUT2D eigenvalue weighted by Crippen LogP contribution is 2.27. The maximum Gasteiger partial charge on any atom is 0.509 e. The van der Waals surface area contributed by atoms with Gasteiger partial charge in [-0.1, -0.05) is 41.8 Å². The maximum absolute atomic E-state index is 13.8. The van der Waals surface area contributed by atoms with Gasteiger partial charge in [0.2, 0.25) is 0 Å². The van der Waals surface area contributed by atoms with Crippen molar-refractivity contribution in [1.82, 2.24) is 5.32 Å². The molecular formula is C19H24Cl2FNO6S. The first-order chi connectivity index (χ1) is 14.1. The average Bonchev–Trinajstić information content (AvgIpc) is 2.70. The van der Waals surface area contributed by atoms with Crippen molar-refractivity contribution in [1.29, 1.82) is 0 Å². The standard InChI is InChI=1S/C19H24Cl2FNO6S/c1-30(26,27)14-9-7-12(8-10-14)16(15(11-22)23-18(24)17(20)21)29-19(25)28-13-5-3-2-4-6-13/h7-10,13,15-17H,2-6,11H2,1H3,(H,23,24)/t15-,16-/m1/s1. The van der Waals surface area contributed by atoms with Crippen molar-refractivity contribution in [3.05, 3.63) is 29.8 Å². The summed E-state index contributed by atoms with van der Waals surface area (Å²) < 4.78 is 47.8. The van der Waals surface area contributed by atoms with Crippen molar-refractivity contribution in [2.75, 3.05) is 12.9 Å². The minimum Gasteiger partial charge on any atom is -0.431 e. The fourth-order valence-electron chi connectivity index (χ4n) is 3.18. The van der Waals surface area contributed by atoms with E-state index in [1.165, 1.54) is 24.3 Å². The van der Waals surface area contributed by atoms with E-state index in [2.05, 4.69) is 5.32 Å². The molecule has 1 aliphatic carbocycles. The van der Waals surface area contributed by atoms with Gasteiger partial charge in [0.05, 0.1) is 10.9 Å². The quantitative estimate of drug-likeness (QED) is 0.444. The third-order valence-corrected chi connectivity index (χ3v) is 6.26. The van der Waals surface area contributed by atoms with E-state index in [0.717, 1.165) is 25.5 Å². The first-order valence-corrected chi connectivity index (χ1v) is 12.2. The van der Waals surface area contributed by atoms with Crippen LogP contribution in [-0.4, -0.2) is 50.4 Å². The van der Waals surface area contributed by atoms with Crippen molar-refractivity contribution >= 4 is 45.1 Å². The number of carbonyl (C=O) groups is 2. The summed E-state index contributed by atoms with van der Waals surface area (Å²) >= 11 is 11.0. The largest absolute Gasteiger partial charge is 0.509 e. The molecule has 1 N–H and O–H groups in total. The molecular weight excluding hydrogens is 460 g/mol. The number of halogens is 3. The molecule has 1 amide bonds. The number of carbonyl (C=O) groups excluding carboxylic acids is 2. The number of nitrogens with one attached hydrogen (secondary N) is 1. The normalized spacial score (nSPS) is 17.2. The van der Waals surface area contributed by atoms with E-state index in [9.17, 15) is 22.4 Å². The van der Waals surface area contributed by atoms with Gasteiger partial charge in [-0.15, -0.1) is 0 Å². The van der Waals surface area contributed by atoms with Gasteiger partial charge >= 0.3 is 6.16 Å². The number of hydrogen-bond donors (Lipinski definition) is 1. The Labute approximate surface area is 185 Å². The second kappa shape index (κ2) is 11.2. The Morgan fingerprint density at radius 2 is 1.77 bits per heavy atom. The van der Waals surface area contributed by atoms with Crippen LogP contribution in [0, 0.1) is 0 Å². The van der Waals surface area contributed by atoms with Crippen LogP contribution >= 0.6 is 23.2 Å². The van der Waals surface area contributed by atoms with E-state index in [1.54, 1.807) is 0 Å². The number of hydrogen-bond acceptors (Lipinski definition) is 6. The molecule has 0 radical (unpaired) electrons. The van der Waals surface area contributed by atoms with Crippen LogP contribution in [0.5, 0.6) is 0 Å². The number of ether oxygens (including phenoxy) is 2. The zero-order chi connectivity index (χ0) is 22.3. The van der Waals surface area contributed by atoms with Crippen molar-refractivity contribution in [2.24, 2.45) is 0 Å². The first kappa shape index (κ1) is 24.7. The molecule has 7 nitrogen and oxygen atoms in total. The third-order valence-electron chi connectivity index (χ3n) is 4.73. The number of rotatable bonds is 8. The van der Waals surface area contributed by atoms with Gasteiger partial charge in [0.1, 0.15) is 12.8 Å². The van der Waals surface area contributed by atoms with Crippen LogP contribution in [0.2, 0.25) is 0 Å². The zero-order valence-electron chi connectivity index (χ0n) is 16.4. The molecule has 0 aromatic heterocycles. The van der Waals surface area contributed by atoms with Crippen LogP contribution < -0.4 is 5.32 Å². The van der Waals surface area contributed by atoms with E-state index < -0.39 is 45.6 Å². The van der Waals surface area contributed by atoms with Crippen LogP contribution in [0.25, 0.3) is 0 Å². The van der Waals surface area contributed by atoms with Crippen LogP contribution in [0.15, 0.2) is 29.2 Å². The van der Waals surface area contributed by atoms with Crippen molar-refractivity contribution < 1.29 is 31.9 Å². The van der Waals surface area contributed by atoms with Gasteiger partial charge < -0.3 is 14.8 Å². The van der Waals surface area contributed by atoms with Gasteiger partial charge in [-0.3, -0.25) is 4.79 Å². The van der Waals surface area contributed by atoms with Crippen LogP contribution in [0.1, 0.15) is 43.8 Å². The number of sulfone groups is 1. The van der Waals surface area contributed by atoms with E-state index in [4.69, 9.17) is 32.7 Å². The Balaban J connectivity index is 2.23. The summed E-state index contributed by atoms with van der Waals surface area (Å²) in [6, 6.07) is 4.05. The van der Waals surface area contributed by atoms with Crippen molar-refractivity contribution in [3.63, 3.8) is 0 Å². The van der Waals surface area contributed by atoms with Gasteiger partial charge in [-0.25, -0.2) is 17.6 Å². The summed E-state index contributed by atoms with van der Waals surface area (Å²) in [6.45, 7) is -1.10.